The van der Waals surface area contributed by atoms with Crippen molar-refractivity contribution in [3.63, 3.8) is 0 Å². The molecule has 0 radical (unpaired) electrons. The number of Topliss-reactive ketones (excluding diaryl/α,β-unsaturated/α-hetero) is 1. The molecule has 0 fully saturated rings. The van der Waals surface area contributed by atoms with Crippen LogP contribution in [0, 0.1) is 16.7 Å². The molecule has 0 heterocycles. The van der Waals surface area contributed by atoms with Crippen LogP contribution in [0.2, 0.25) is 0 Å². The van der Waals surface area contributed by atoms with Gasteiger partial charge in [-0.1, -0.05) is 39.3 Å². The van der Waals surface area contributed by atoms with Crippen LogP contribution in [0.3, 0.4) is 0 Å². The van der Waals surface area contributed by atoms with Crippen LogP contribution in [0.5, 0.6) is 0 Å². The van der Waals surface area contributed by atoms with Gasteiger partial charge in [-0.05, 0) is 31.6 Å². The SMILES string of the molecule is CC(=O)C(C)(C)C(O)C(O)C1CC=C(C)C1(C)C. The Labute approximate surface area is 110 Å². The van der Waals surface area contributed by atoms with E-state index in [9.17, 15) is 15.0 Å². The van der Waals surface area contributed by atoms with E-state index in [4.69, 9.17) is 0 Å². The zero-order valence-corrected chi connectivity index (χ0v) is 12.3. The van der Waals surface area contributed by atoms with Gasteiger partial charge in [0.1, 0.15) is 5.78 Å². The maximum atomic E-state index is 11.6. The summed E-state index contributed by atoms with van der Waals surface area (Å²) in [5.41, 5.74) is 0.193. The molecule has 3 atom stereocenters. The fraction of sp³-hybridized carbons (Fsp3) is 0.800. The van der Waals surface area contributed by atoms with Gasteiger partial charge in [0, 0.05) is 0 Å². The summed E-state index contributed by atoms with van der Waals surface area (Å²) in [6.07, 6.45) is 0.957. The van der Waals surface area contributed by atoms with Crippen molar-refractivity contribution < 1.29 is 15.0 Å². The van der Waals surface area contributed by atoms with E-state index in [0.29, 0.717) is 0 Å². The number of carbonyl (C=O) groups is 1. The highest BCUT2D eigenvalue weighted by atomic mass is 16.3. The first-order valence-electron chi connectivity index (χ1n) is 6.57. The van der Waals surface area contributed by atoms with Gasteiger partial charge < -0.3 is 10.2 Å². The van der Waals surface area contributed by atoms with Crippen LogP contribution in [0.25, 0.3) is 0 Å². The standard InChI is InChI=1S/C15H26O3/c1-9-7-8-11(14(9,3)4)12(17)13(18)15(5,6)10(2)16/h7,11-13,17-18H,8H2,1-6H3. The summed E-state index contributed by atoms with van der Waals surface area (Å²) in [6, 6.07) is 0. The van der Waals surface area contributed by atoms with E-state index in [0.717, 1.165) is 6.42 Å². The van der Waals surface area contributed by atoms with Crippen LogP contribution in [0.1, 0.15) is 48.0 Å². The van der Waals surface area contributed by atoms with Gasteiger partial charge in [0.15, 0.2) is 0 Å². The first-order valence-corrected chi connectivity index (χ1v) is 6.57. The number of hydrogen-bond donors (Lipinski definition) is 2. The van der Waals surface area contributed by atoms with Gasteiger partial charge in [0.25, 0.3) is 0 Å². The minimum Gasteiger partial charge on any atom is -0.390 e. The molecule has 0 spiro atoms. The summed E-state index contributed by atoms with van der Waals surface area (Å²) in [4.78, 5) is 11.6. The molecule has 1 aliphatic carbocycles. The molecule has 0 bridgehead atoms. The largest absolute Gasteiger partial charge is 0.390 e. The molecule has 3 heteroatoms. The minimum absolute atomic E-state index is 0.0360. The Kier molecular flexibility index (Phi) is 4.09. The Bertz CT molecular complexity index is 366. The van der Waals surface area contributed by atoms with E-state index >= 15 is 0 Å². The maximum absolute atomic E-state index is 11.6. The first-order chi connectivity index (χ1) is 8.02. The molecule has 104 valence electrons. The van der Waals surface area contributed by atoms with Crippen molar-refractivity contribution >= 4 is 5.78 Å². The third-order valence-electron chi connectivity index (χ3n) is 5.00. The number of rotatable bonds is 4. The molecule has 3 unspecified atom stereocenters. The predicted octanol–water partition coefficient (Wildman–Crippen LogP) is 2.32. The lowest BCUT2D eigenvalue weighted by Crippen LogP contribution is -2.49. The molecular formula is C15H26O3. The second-order valence-electron chi connectivity index (χ2n) is 6.66. The molecule has 0 saturated carbocycles. The van der Waals surface area contributed by atoms with Gasteiger partial charge in [0.05, 0.1) is 17.6 Å². The Balaban J connectivity index is 2.90. The van der Waals surface area contributed by atoms with E-state index in [2.05, 4.69) is 26.8 Å². The summed E-state index contributed by atoms with van der Waals surface area (Å²) in [6.45, 7) is 11.0. The van der Waals surface area contributed by atoms with Crippen molar-refractivity contribution in [2.45, 2.75) is 60.2 Å². The second-order valence-corrected chi connectivity index (χ2v) is 6.66. The topological polar surface area (TPSA) is 57.5 Å². The van der Waals surface area contributed by atoms with Gasteiger partial charge in [-0.25, -0.2) is 0 Å². The lowest BCUT2D eigenvalue weighted by Gasteiger charge is -2.39. The van der Waals surface area contributed by atoms with Crippen LogP contribution in [-0.2, 0) is 4.79 Å². The quantitative estimate of drug-likeness (QED) is 0.757. The molecule has 0 aromatic heterocycles. The van der Waals surface area contributed by atoms with Crippen LogP contribution >= 0.6 is 0 Å². The van der Waals surface area contributed by atoms with Crippen LogP contribution in [0.4, 0.5) is 0 Å². The van der Waals surface area contributed by atoms with Crippen LogP contribution < -0.4 is 0 Å². The zero-order valence-electron chi connectivity index (χ0n) is 12.3. The Morgan fingerprint density at radius 2 is 1.94 bits per heavy atom. The third kappa shape index (κ3) is 2.39. The molecule has 1 rings (SSSR count). The van der Waals surface area contributed by atoms with Crippen LogP contribution in [0.15, 0.2) is 11.6 Å². The molecule has 0 aliphatic heterocycles. The maximum Gasteiger partial charge on any atom is 0.138 e. The minimum atomic E-state index is -1.03. The van der Waals surface area contributed by atoms with Gasteiger partial charge in [0.2, 0.25) is 0 Å². The molecule has 3 nitrogen and oxygen atoms in total. The predicted molar refractivity (Wildman–Crippen MR) is 72.1 cm³/mol. The number of aliphatic hydroxyl groups is 2. The first kappa shape index (κ1) is 15.4. The smallest absolute Gasteiger partial charge is 0.138 e. The van der Waals surface area contributed by atoms with E-state index in [1.165, 1.54) is 12.5 Å². The molecule has 0 saturated heterocycles. The number of ketones is 1. The molecule has 0 amide bonds. The molecule has 2 N–H and O–H groups in total. The summed E-state index contributed by atoms with van der Waals surface area (Å²) in [5, 5.41) is 20.7. The summed E-state index contributed by atoms with van der Waals surface area (Å²) < 4.78 is 0. The third-order valence-corrected chi connectivity index (χ3v) is 5.00. The lowest BCUT2D eigenvalue weighted by atomic mass is 9.69. The van der Waals surface area contributed by atoms with Crippen molar-refractivity contribution in [2.24, 2.45) is 16.7 Å². The van der Waals surface area contributed by atoms with E-state index in [-0.39, 0.29) is 17.1 Å². The highest BCUT2D eigenvalue weighted by Crippen LogP contribution is 2.46. The van der Waals surface area contributed by atoms with Crippen molar-refractivity contribution in [3.8, 4) is 0 Å². The van der Waals surface area contributed by atoms with Gasteiger partial charge in [-0.3, -0.25) is 4.79 Å². The average molecular weight is 254 g/mol. The van der Waals surface area contributed by atoms with Crippen molar-refractivity contribution in [3.05, 3.63) is 11.6 Å². The molecule has 1 aliphatic rings. The zero-order chi connectivity index (χ0) is 14.3. The fourth-order valence-corrected chi connectivity index (χ4v) is 2.58. The summed E-state index contributed by atoms with van der Waals surface area (Å²) in [7, 11) is 0. The summed E-state index contributed by atoms with van der Waals surface area (Å²) >= 11 is 0. The number of allylic oxidation sites excluding steroid dienone is 2. The molecule has 18 heavy (non-hydrogen) atoms. The lowest BCUT2D eigenvalue weighted by molar-refractivity contribution is -0.141. The van der Waals surface area contributed by atoms with E-state index < -0.39 is 17.6 Å². The normalized spacial score (nSPS) is 26.7. The molecular weight excluding hydrogens is 228 g/mol. The Morgan fingerprint density at radius 3 is 2.28 bits per heavy atom. The average Bonchev–Trinajstić information content (AvgIpc) is 2.51. The number of hydrogen-bond acceptors (Lipinski definition) is 3. The van der Waals surface area contributed by atoms with Crippen LogP contribution in [-0.4, -0.2) is 28.2 Å². The monoisotopic (exact) mass is 254 g/mol. The number of carbonyl (C=O) groups excluding carboxylic acids is 1. The van der Waals surface area contributed by atoms with Gasteiger partial charge >= 0.3 is 0 Å². The van der Waals surface area contributed by atoms with Crippen molar-refractivity contribution in [2.75, 3.05) is 0 Å². The highest BCUT2D eigenvalue weighted by Gasteiger charge is 2.46. The van der Waals surface area contributed by atoms with Gasteiger partial charge in [-0.15, -0.1) is 0 Å². The fourth-order valence-electron chi connectivity index (χ4n) is 2.58. The summed E-state index contributed by atoms with van der Waals surface area (Å²) in [5.74, 6) is -0.138. The van der Waals surface area contributed by atoms with E-state index in [1.54, 1.807) is 13.8 Å². The highest BCUT2D eigenvalue weighted by molar-refractivity contribution is 5.82. The molecule has 0 aromatic rings. The van der Waals surface area contributed by atoms with E-state index in [1.807, 2.05) is 0 Å². The molecule has 0 aromatic carbocycles. The Hall–Kier alpha value is -0.670. The van der Waals surface area contributed by atoms with Gasteiger partial charge in [-0.2, -0.15) is 0 Å². The van der Waals surface area contributed by atoms with Crippen molar-refractivity contribution in [1.29, 1.82) is 0 Å². The second kappa shape index (κ2) is 4.78. The van der Waals surface area contributed by atoms with Crippen molar-refractivity contribution in [1.82, 2.24) is 0 Å². The number of aliphatic hydroxyl groups excluding tert-OH is 2. The Morgan fingerprint density at radius 1 is 1.44 bits per heavy atom.